The molecule has 1 atom stereocenters. The summed E-state index contributed by atoms with van der Waals surface area (Å²) in [6.45, 7) is 2.51. The number of hydrogen-bond donors (Lipinski definition) is 1. The third kappa shape index (κ3) is 3.50. The summed E-state index contributed by atoms with van der Waals surface area (Å²) in [5.41, 5.74) is 1.35. The Morgan fingerprint density at radius 2 is 2.00 bits per heavy atom. The lowest BCUT2D eigenvalue weighted by molar-refractivity contribution is 0.150. The van der Waals surface area contributed by atoms with Crippen LogP contribution < -0.4 is 14.8 Å². The van der Waals surface area contributed by atoms with Gasteiger partial charge in [-0.05, 0) is 49.9 Å². The average Bonchev–Trinajstić information content (AvgIpc) is 3.28. The molecule has 24 heavy (non-hydrogen) atoms. The van der Waals surface area contributed by atoms with E-state index in [1.54, 1.807) is 0 Å². The molecule has 2 aromatic rings. The molecule has 1 N–H and O–H groups in total. The van der Waals surface area contributed by atoms with Crippen LogP contribution >= 0.6 is 23.3 Å². The third-order valence-electron chi connectivity index (χ3n) is 4.76. The van der Waals surface area contributed by atoms with Gasteiger partial charge in [-0.2, -0.15) is 0 Å². The second-order valence-corrected chi connectivity index (χ2v) is 7.50. The van der Waals surface area contributed by atoms with Crippen molar-refractivity contribution >= 4 is 23.3 Å². The Labute approximate surface area is 150 Å². The van der Waals surface area contributed by atoms with Gasteiger partial charge in [0.25, 0.3) is 11.8 Å². The maximum absolute atomic E-state index is 5.99. The zero-order chi connectivity index (χ0) is 16.4. The molecule has 1 saturated carbocycles. The number of rotatable bonds is 6. The van der Waals surface area contributed by atoms with Gasteiger partial charge in [-0.3, -0.25) is 0 Å². The summed E-state index contributed by atoms with van der Waals surface area (Å²) in [4.78, 5) is 0. The van der Waals surface area contributed by atoms with Crippen LogP contribution in [0.25, 0.3) is 0 Å². The zero-order valence-electron chi connectivity index (χ0n) is 13.3. The van der Waals surface area contributed by atoms with Gasteiger partial charge in [0, 0.05) is 17.0 Å². The summed E-state index contributed by atoms with van der Waals surface area (Å²) >= 11 is 7.12. The molecule has 5 nitrogen and oxygen atoms in total. The van der Waals surface area contributed by atoms with Crippen molar-refractivity contribution in [3.63, 3.8) is 0 Å². The Morgan fingerprint density at radius 1 is 1.21 bits per heavy atom. The van der Waals surface area contributed by atoms with E-state index in [1.165, 1.54) is 5.56 Å². The van der Waals surface area contributed by atoms with E-state index >= 15 is 0 Å². The van der Waals surface area contributed by atoms with E-state index in [2.05, 4.69) is 26.2 Å². The molecule has 1 saturated heterocycles. The first kappa shape index (κ1) is 16.1. The predicted octanol–water partition coefficient (Wildman–Crippen LogP) is 3.43. The standard InChI is InChI=1S/C17H20ClN3O2S/c18-13-5-3-12(4-6-13)17(7-8-17)11-22-15-16(21-24-20-15)23-14-2-1-9-19-10-14/h3-6,14,19H,1-2,7-11H2. The fourth-order valence-corrected chi connectivity index (χ4v) is 3.66. The summed E-state index contributed by atoms with van der Waals surface area (Å²) < 4.78 is 20.5. The van der Waals surface area contributed by atoms with Crippen LogP contribution in [0.4, 0.5) is 0 Å². The summed E-state index contributed by atoms with van der Waals surface area (Å²) in [5, 5.41) is 4.10. The highest BCUT2D eigenvalue weighted by atomic mass is 35.5. The number of aromatic nitrogens is 2. The number of benzene rings is 1. The van der Waals surface area contributed by atoms with Crippen LogP contribution in [0.15, 0.2) is 24.3 Å². The second-order valence-electron chi connectivity index (χ2n) is 6.54. The van der Waals surface area contributed by atoms with Gasteiger partial charge >= 0.3 is 0 Å². The highest BCUT2D eigenvalue weighted by Crippen LogP contribution is 2.48. The molecule has 1 aliphatic carbocycles. The van der Waals surface area contributed by atoms with Gasteiger partial charge in [0.2, 0.25) is 0 Å². The number of nitrogens with zero attached hydrogens (tertiary/aromatic N) is 2. The molecule has 2 fully saturated rings. The molecule has 0 bridgehead atoms. The minimum Gasteiger partial charge on any atom is -0.472 e. The highest BCUT2D eigenvalue weighted by Gasteiger charge is 2.45. The predicted molar refractivity (Wildman–Crippen MR) is 94.3 cm³/mol. The van der Waals surface area contributed by atoms with Crippen LogP contribution in [0.5, 0.6) is 11.8 Å². The van der Waals surface area contributed by atoms with Crippen molar-refractivity contribution in [2.45, 2.75) is 37.2 Å². The summed E-state index contributed by atoms with van der Waals surface area (Å²) in [6.07, 6.45) is 4.55. The molecular weight excluding hydrogens is 346 g/mol. The van der Waals surface area contributed by atoms with E-state index in [0.717, 1.165) is 55.5 Å². The molecular formula is C17H20ClN3O2S. The quantitative estimate of drug-likeness (QED) is 0.849. The van der Waals surface area contributed by atoms with Crippen molar-refractivity contribution in [3.05, 3.63) is 34.9 Å². The van der Waals surface area contributed by atoms with Crippen molar-refractivity contribution in [1.29, 1.82) is 0 Å². The van der Waals surface area contributed by atoms with Gasteiger partial charge in [-0.1, -0.05) is 23.7 Å². The molecule has 128 valence electrons. The van der Waals surface area contributed by atoms with E-state index in [0.29, 0.717) is 18.4 Å². The maximum Gasteiger partial charge on any atom is 0.291 e. The van der Waals surface area contributed by atoms with E-state index in [-0.39, 0.29) is 11.5 Å². The topological polar surface area (TPSA) is 56.3 Å². The monoisotopic (exact) mass is 365 g/mol. The molecule has 2 aliphatic rings. The average molecular weight is 366 g/mol. The maximum atomic E-state index is 5.99. The third-order valence-corrected chi connectivity index (χ3v) is 5.50. The Morgan fingerprint density at radius 3 is 2.71 bits per heavy atom. The minimum atomic E-state index is 0.0812. The smallest absolute Gasteiger partial charge is 0.291 e. The largest absolute Gasteiger partial charge is 0.472 e. The van der Waals surface area contributed by atoms with Gasteiger partial charge in [0.1, 0.15) is 6.10 Å². The van der Waals surface area contributed by atoms with Crippen molar-refractivity contribution in [2.24, 2.45) is 0 Å². The number of halogens is 1. The van der Waals surface area contributed by atoms with Gasteiger partial charge < -0.3 is 14.8 Å². The molecule has 0 amide bonds. The normalized spacial score (nSPS) is 22.1. The lowest BCUT2D eigenvalue weighted by atomic mass is 9.97. The molecule has 0 spiro atoms. The van der Waals surface area contributed by atoms with E-state index < -0.39 is 0 Å². The summed E-state index contributed by atoms with van der Waals surface area (Å²) in [6, 6.07) is 8.05. The van der Waals surface area contributed by atoms with Crippen LogP contribution in [-0.4, -0.2) is 34.5 Å². The van der Waals surface area contributed by atoms with E-state index in [4.69, 9.17) is 21.1 Å². The van der Waals surface area contributed by atoms with E-state index in [1.807, 2.05) is 12.1 Å². The van der Waals surface area contributed by atoms with Gasteiger partial charge in [-0.15, -0.1) is 8.75 Å². The summed E-state index contributed by atoms with van der Waals surface area (Å²) in [5.74, 6) is 1.05. The number of nitrogens with one attached hydrogen (secondary N) is 1. The first-order chi connectivity index (χ1) is 11.8. The van der Waals surface area contributed by atoms with Crippen molar-refractivity contribution in [1.82, 2.24) is 14.1 Å². The van der Waals surface area contributed by atoms with Gasteiger partial charge in [-0.25, -0.2) is 0 Å². The molecule has 1 aromatic heterocycles. The lowest BCUT2D eigenvalue weighted by Gasteiger charge is -2.23. The molecule has 1 aromatic carbocycles. The number of piperidine rings is 1. The fourth-order valence-electron chi connectivity index (χ4n) is 3.09. The van der Waals surface area contributed by atoms with Crippen LogP contribution in [0.2, 0.25) is 5.02 Å². The Kier molecular flexibility index (Phi) is 4.61. The van der Waals surface area contributed by atoms with Crippen molar-refractivity contribution in [2.75, 3.05) is 19.7 Å². The number of hydrogen-bond acceptors (Lipinski definition) is 6. The Bertz CT molecular complexity index is 681. The summed E-state index contributed by atoms with van der Waals surface area (Å²) in [7, 11) is 0. The van der Waals surface area contributed by atoms with Crippen LogP contribution in [0.1, 0.15) is 31.2 Å². The Balaban J connectivity index is 1.39. The molecule has 0 radical (unpaired) electrons. The van der Waals surface area contributed by atoms with Crippen LogP contribution in [-0.2, 0) is 5.41 Å². The molecule has 2 heterocycles. The molecule has 4 rings (SSSR count). The second kappa shape index (κ2) is 6.86. The van der Waals surface area contributed by atoms with Crippen molar-refractivity contribution in [3.8, 4) is 11.8 Å². The first-order valence-electron chi connectivity index (χ1n) is 8.34. The molecule has 1 aliphatic heterocycles. The van der Waals surface area contributed by atoms with Crippen molar-refractivity contribution < 1.29 is 9.47 Å². The molecule has 1 unspecified atom stereocenters. The SMILES string of the molecule is Clc1ccc(C2(COc3nsnc3OC3CCCNC3)CC2)cc1. The Hall–Kier alpha value is -1.37. The van der Waals surface area contributed by atoms with Crippen LogP contribution in [0, 0.1) is 0 Å². The molecule has 7 heteroatoms. The van der Waals surface area contributed by atoms with Gasteiger partial charge in [0.05, 0.1) is 18.3 Å². The van der Waals surface area contributed by atoms with Gasteiger partial charge in [0.15, 0.2) is 0 Å². The zero-order valence-corrected chi connectivity index (χ0v) is 14.9. The van der Waals surface area contributed by atoms with E-state index in [9.17, 15) is 0 Å². The number of ether oxygens (including phenoxy) is 2. The highest BCUT2D eigenvalue weighted by molar-refractivity contribution is 6.99. The minimum absolute atomic E-state index is 0.0812. The van der Waals surface area contributed by atoms with Crippen LogP contribution in [0.3, 0.4) is 0 Å². The first-order valence-corrected chi connectivity index (χ1v) is 9.45. The lowest BCUT2D eigenvalue weighted by Crippen LogP contribution is -2.37. The fraction of sp³-hybridized carbons (Fsp3) is 0.529.